The van der Waals surface area contributed by atoms with E-state index in [1.807, 2.05) is 17.5 Å². The molecule has 5 nitrogen and oxygen atoms in total. The lowest BCUT2D eigenvalue weighted by atomic mass is 9.86. The molecule has 0 bridgehead atoms. The molecule has 2 atom stereocenters. The molecule has 106 valence electrons. The Morgan fingerprint density at radius 2 is 2.37 bits per heavy atom. The van der Waals surface area contributed by atoms with Crippen LogP contribution in [0.5, 0.6) is 0 Å². The van der Waals surface area contributed by atoms with Crippen molar-refractivity contribution < 1.29 is 9.90 Å². The minimum Gasteiger partial charge on any atom is -0.481 e. The molecule has 1 saturated heterocycles. The van der Waals surface area contributed by atoms with E-state index in [-0.39, 0.29) is 12.6 Å². The molecule has 0 radical (unpaired) electrons. The van der Waals surface area contributed by atoms with Crippen molar-refractivity contribution in [2.75, 3.05) is 0 Å². The van der Waals surface area contributed by atoms with Crippen LogP contribution in [0.3, 0.4) is 0 Å². The molecule has 6 heteroatoms. The first-order chi connectivity index (χ1) is 9.06. The molecule has 2 unspecified atom stereocenters. The van der Waals surface area contributed by atoms with Gasteiger partial charge in [-0.1, -0.05) is 18.9 Å². The highest BCUT2D eigenvalue weighted by Crippen LogP contribution is 2.42. The Hall–Kier alpha value is -0.950. The van der Waals surface area contributed by atoms with Crippen molar-refractivity contribution in [2.24, 2.45) is 11.6 Å². The Bertz CT molecular complexity index is 424. The van der Waals surface area contributed by atoms with Crippen LogP contribution in [0.4, 0.5) is 0 Å². The number of hydrogen-bond donors (Lipinski definition) is 3. The quantitative estimate of drug-likeness (QED) is 0.733. The second kappa shape index (κ2) is 6.00. The molecule has 2 rings (SSSR count). The normalized spacial score (nSPS) is 29.1. The summed E-state index contributed by atoms with van der Waals surface area (Å²) >= 11 is 1.62. The van der Waals surface area contributed by atoms with Crippen molar-refractivity contribution in [1.29, 1.82) is 0 Å². The van der Waals surface area contributed by atoms with Crippen LogP contribution in [-0.4, -0.2) is 22.3 Å². The Morgan fingerprint density at radius 1 is 1.58 bits per heavy atom. The lowest BCUT2D eigenvalue weighted by molar-refractivity contribution is -0.138. The Morgan fingerprint density at radius 3 is 3.00 bits per heavy atom. The molecular formula is C13H21N3O2S. The van der Waals surface area contributed by atoms with Gasteiger partial charge in [0, 0.05) is 11.3 Å². The highest BCUT2D eigenvalue weighted by molar-refractivity contribution is 7.10. The summed E-state index contributed by atoms with van der Waals surface area (Å²) in [6.45, 7) is 0. The van der Waals surface area contributed by atoms with Crippen LogP contribution in [0, 0.1) is 0 Å². The summed E-state index contributed by atoms with van der Waals surface area (Å²) in [7, 11) is 0. The smallest absolute Gasteiger partial charge is 0.303 e. The van der Waals surface area contributed by atoms with Crippen LogP contribution in [0.1, 0.15) is 43.4 Å². The van der Waals surface area contributed by atoms with Gasteiger partial charge < -0.3 is 10.8 Å². The van der Waals surface area contributed by atoms with Crippen molar-refractivity contribution in [3.63, 3.8) is 0 Å². The summed E-state index contributed by atoms with van der Waals surface area (Å²) in [4.78, 5) is 12.1. The van der Waals surface area contributed by atoms with Gasteiger partial charge in [-0.25, -0.2) is 5.01 Å². The molecule has 1 aromatic heterocycles. The first-order valence-electron chi connectivity index (χ1n) is 6.62. The van der Waals surface area contributed by atoms with Gasteiger partial charge in [-0.2, -0.15) is 0 Å². The standard InChI is InChI=1S/C13H21N3O2S/c14-11-5-1-2-7-13(16(11)15,8-6-12(17)18)10-4-3-9-19-10/h3-4,9,11H,1-2,5-8,14-15H2,(H,17,18). The molecule has 1 aliphatic heterocycles. The Balaban J connectivity index is 2.33. The number of thiophene rings is 1. The maximum absolute atomic E-state index is 10.9. The third-order valence-corrected chi connectivity index (χ3v) is 4.99. The van der Waals surface area contributed by atoms with Crippen LogP contribution < -0.4 is 11.6 Å². The van der Waals surface area contributed by atoms with Gasteiger partial charge in [0.1, 0.15) is 0 Å². The van der Waals surface area contributed by atoms with Crippen LogP contribution in [0.15, 0.2) is 17.5 Å². The summed E-state index contributed by atoms with van der Waals surface area (Å²) in [6.07, 6.45) is 4.19. The number of nitrogens with zero attached hydrogens (tertiary/aromatic N) is 1. The van der Waals surface area contributed by atoms with E-state index in [2.05, 4.69) is 0 Å². The van der Waals surface area contributed by atoms with Crippen molar-refractivity contribution in [1.82, 2.24) is 5.01 Å². The van der Waals surface area contributed by atoms with E-state index in [9.17, 15) is 4.79 Å². The molecule has 0 aromatic carbocycles. The number of aliphatic carboxylic acids is 1. The molecule has 0 spiro atoms. The number of carboxylic acid groups (broad SMARTS) is 1. The SMILES string of the molecule is NC1CCCCC(CCC(=O)O)(c2cccs2)N1N. The van der Waals surface area contributed by atoms with Crippen LogP contribution >= 0.6 is 11.3 Å². The topological polar surface area (TPSA) is 92.6 Å². The zero-order valence-corrected chi connectivity index (χ0v) is 11.7. The second-order valence-corrected chi connectivity index (χ2v) is 6.07. The predicted molar refractivity (Wildman–Crippen MR) is 75.3 cm³/mol. The van der Waals surface area contributed by atoms with Crippen LogP contribution in [0.2, 0.25) is 0 Å². The number of hydrogen-bond acceptors (Lipinski definition) is 5. The fraction of sp³-hybridized carbons (Fsp3) is 0.615. The number of hydrazine groups is 1. The fourth-order valence-electron chi connectivity index (χ4n) is 2.84. The average Bonchev–Trinajstić information content (AvgIpc) is 2.87. The van der Waals surface area contributed by atoms with E-state index in [1.54, 1.807) is 16.3 Å². The minimum atomic E-state index is -0.790. The third kappa shape index (κ3) is 2.97. The van der Waals surface area contributed by atoms with E-state index in [0.717, 1.165) is 30.6 Å². The summed E-state index contributed by atoms with van der Waals surface area (Å²) in [5, 5.41) is 12.7. The van der Waals surface area contributed by atoms with Gasteiger partial charge in [-0.3, -0.25) is 10.6 Å². The Kier molecular flexibility index (Phi) is 4.57. The number of carboxylic acids is 1. The monoisotopic (exact) mass is 283 g/mol. The molecule has 0 saturated carbocycles. The second-order valence-electron chi connectivity index (χ2n) is 5.12. The van der Waals surface area contributed by atoms with Crippen molar-refractivity contribution in [2.45, 2.75) is 50.2 Å². The van der Waals surface area contributed by atoms with E-state index < -0.39 is 11.5 Å². The summed E-state index contributed by atoms with van der Waals surface area (Å²) in [5.41, 5.74) is 5.70. The number of rotatable bonds is 4. The van der Waals surface area contributed by atoms with Gasteiger partial charge in [0.2, 0.25) is 0 Å². The lowest BCUT2D eigenvalue weighted by Crippen LogP contribution is -2.57. The first-order valence-corrected chi connectivity index (χ1v) is 7.49. The predicted octanol–water partition coefficient (Wildman–Crippen LogP) is 1.84. The van der Waals surface area contributed by atoms with Gasteiger partial charge in [0.15, 0.2) is 0 Å². The highest BCUT2D eigenvalue weighted by atomic mass is 32.1. The van der Waals surface area contributed by atoms with Crippen molar-refractivity contribution in [3.8, 4) is 0 Å². The van der Waals surface area contributed by atoms with E-state index in [4.69, 9.17) is 16.7 Å². The third-order valence-electron chi connectivity index (χ3n) is 3.92. The summed E-state index contributed by atoms with van der Waals surface area (Å²) in [5.74, 6) is 5.47. The zero-order valence-electron chi connectivity index (χ0n) is 10.9. The Labute approximate surface area is 117 Å². The maximum Gasteiger partial charge on any atom is 0.303 e. The number of nitrogens with two attached hydrogens (primary N) is 2. The highest BCUT2D eigenvalue weighted by Gasteiger charge is 2.41. The summed E-state index contributed by atoms with van der Waals surface area (Å²) < 4.78 is 0. The minimum absolute atomic E-state index is 0.109. The molecular weight excluding hydrogens is 262 g/mol. The average molecular weight is 283 g/mol. The van der Waals surface area contributed by atoms with Gasteiger partial charge in [-0.15, -0.1) is 11.3 Å². The molecule has 0 aliphatic carbocycles. The van der Waals surface area contributed by atoms with Gasteiger partial charge in [-0.05, 0) is 30.7 Å². The molecule has 0 amide bonds. The molecule has 5 N–H and O–H groups in total. The van der Waals surface area contributed by atoms with E-state index in [0.29, 0.717) is 6.42 Å². The maximum atomic E-state index is 10.9. The largest absolute Gasteiger partial charge is 0.481 e. The van der Waals surface area contributed by atoms with Crippen molar-refractivity contribution >= 4 is 17.3 Å². The number of carbonyl (C=O) groups is 1. The van der Waals surface area contributed by atoms with Crippen molar-refractivity contribution in [3.05, 3.63) is 22.4 Å². The van der Waals surface area contributed by atoms with Gasteiger partial charge >= 0.3 is 5.97 Å². The molecule has 1 aromatic rings. The van der Waals surface area contributed by atoms with Gasteiger partial charge in [0.25, 0.3) is 0 Å². The zero-order chi connectivity index (χ0) is 13.9. The van der Waals surface area contributed by atoms with Crippen LogP contribution in [-0.2, 0) is 10.3 Å². The first kappa shape index (κ1) is 14.5. The van der Waals surface area contributed by atoms with E-state index >= 15 is 0 Å². The van der Waals surface area contributed by atoms with Gasteiger partial charge in [0.05, 0.1) is 11.7 Å². The lowest BCUT2D eigenvalue weighted by Gasteiger charge is -2.42. The van der Waals surface area contributed by atoms with E-state index in [1.165, 1.54) is 0 Å². The molecule has 19 heavy (non-hydrogen) atoms. The van der Waals surface area contributed by atoms with Crippen LogP contribution in [0.25, 0.3) is 0 Å². The molecule has 1 aliphatic rings. The summed E-state index contributed by atoms with van der Waals surface area (Å²) in [6, 6.07) is 4.01. The molecule has 2 heterocycles. The fourth-order valence-corrected chi connectivity index (χ4v) is 3.83. The molecule has 1 fully saturated rings.